The van der Waals surface area contributed by atoms with Gasteiger partial charge in [0.15, 0.2) is 0 Å². The van der Waals surface area contributed by atoms with E-state index < -0.39 is 11.8 Å². The van der Waals surface area contributed by atoms with Crippen LogP contribution in [0.3, 0.4) is 0 Å². The van der Waals surface area contributed by atoms with Gasteiger partial charge in [-0.05, 0) is 43.0 Å². The molecule has 102 valence electrons. The molecule has 0 aliphatic carbocycles. The molecule has 1 aromatic carbocycles. The largest absolute Gasteiger partial charge is 0.334 e. The summed E-state index contributed by atoms with van der Waals surface area (Å²) < 4.78 is 0. The minimum Gasteiger partial charge on any atom is -0.334 e. The molecule has 5 heteroatoms. The molecule has 1 saturated heterocycles. The number of amides is 2. The van der Waals surface area contributed by atoms with E-state index >= 15 is 0 Å². The molecule has 1 aliphatic rings. The maximum atomic E-state index is 12.0. The topological polar surface area (TPSA) is 49.4 Å². The molecule has 0 saturated carbocycles. The zero-order valence-corrected chi connectivity index (χ0v) is 11.6. The van der Waals surface area contributed by atoms with Crippen LogP contribution in [-0.2, 0) is 9.59 Å². The third-order valence-electron chi connectivity index (χ3n) is 3.24. The number of hydrogen-bond acceptors (Lipinski definition) is 2. The van der Waals surface area contributed by atoms with E-state index in [1.54, 1.807) is 29.2 Å². The summed E-state index contributed by atoms with van der Waals surface area (Å²) in [6, 6.07) is 6.69. The lowest BCUT2D eigenvalue weighted by Crippen LogP contribution is -2.44. The maximum absolute atomic E-state index is 12.0. The molecule has 1 fully saturated rings. The Hall–Kier alpha value is -1.55. The lowest BCUT2D eigenvalue weighted by Gasteiger charge is -2.30. The van der Waals surface area contributed by atoms with E-state index in [4.69, 9.17) is 11.6 Å². The summed E-state index contributed by atoms with van der Waals surface area (Å²) in [6.07, 6.45) is 2.07. The predicted molar refractivity (Wildman–Crippen MR) is 75.1 cm³/mol. The van der Waals surface area contributed by atoms with Crippen LogP contribution in [-0.4, -0.2) is 29.8 Å². The van der Waals surface area contributed by atoms with Gasteiger partial charge < -0.3 is 10.2 Å². The number of likely N-dealkylation sites (tertiary alicyclic amines) is 1. The fraction of sp³-hybridized carbons (Fsp3) is 0.429. The molecule has 0 spiro atoms. The number of carbonyl (C=O) groups is 2. The van der Waals surface area contributed by atoms with Crippen molar-refractivity contribution in [3.8, 4) is 0 Å². The summed E-state index contributed by atoms with van der Waals surface area (Å²) in [4.78, 5) is 25.5. The zero-order valence-electron chi connectivity index (χ0n) is 10.9. The van der Waals surface area contributed by atoms with Crippen molar-refractivity contribution in [3.05, 3.63) is 29.3 Å². The van der Waals surface area contributed by atoms with Gasteiger partial charge in [0.05, 0.1) is 0 Å². The van der Waals surface area contributed by atoms with Crippen molar-refractivity contribution in [1.29, 1.82) is 0 Å². The Morgan fingerprint density at radius 1 is 1.32 bits per heavy atom. The van der Waals surface area contributed by atoms with Crippen molar-refractivity contribution in [3.63, 3.8) is 0 Å². The molecule has 1 N–H and O–H groups in total. The van der Waals surface area contributed by atoms with E-state index in [9.17, 15) is 9.59 Å². The second kappa shape index (κ2) is 6.06. The zero-order chi connectivity index (χ0) is 13.8. The second-order valence-electron chi connectivity index (χ2n) is 4.96. The first kappa shape index (κ1) is 13.9. The van der Waals surface area contributed by atoms with Gasteiger partial charge in [0.2, 0.25) is 0 Å². The van der Waals surface area contributed by atoms with Gasteiger partial charge in [-0.15, -0.1) is 0 Å². The van der Waals surface area contributed by atoms with Gasteiger partial charge in [0, 0.05) is 23.8 Å². The normalized spacial score (nSPS) is 19.1. The van der Waals surface area contributed by atoms with Gasteiger partial charge in [-0.2, -0.15) is 0 Å². The second-order valence-corrected chi connectivity index (χ2v) is 5.40. The fourth-order valence-electron chi connectivity index (χ4n) is 2.24. The number of hydrogen-bond donors (Lipinski definition) is 1. The first-order valence-corrected chi connectivity index (χ1v) is 6.80. The molecule has 1 aromatic rings. The molecule has 1 unspecified atom stereocenters. The molecular weight excluding hydrogens is 264 g/mol. The number of piperidine rings is 1. The van der Waals surface area contributed by atoms with Crippen molar-refractivity contribution >= 4 is 29.1 Å². The smallest absolute Gasteiger partial charge is 0.313 e. The number of rotatable bonds is 1. The molecule has 0 radical (unpaired) electrons. The third kappa shape index (κ3) is 3.70. The fourth-order valence-corrected chi connectivity index (χ4v) is 2.36. The number of anilines is 1. The molecule has 1 heterocycles. The molecule has 2 amide bonds. The van der Waals surface area contributed by atoms with Crippen molar-refractivity contribution in [2.75, 3.05) is 18.4 Å². The number of nitrogens with zero attached hydrogens (tertiary/aromatic N) is 1. The summed E-state index contributed by atoms with van der Waals surface area (Å²) in [7, 11) is 0. The van der Waals surface area contributed by atoms with Crippen LogP contribution in [0.15, 0.2) is 24.3 Å². The maximum Gasteiger partial charge on any atom is 0.313 e. The van der Waals surface area contributed by atoms with E-state index in [0.717, 1.165) is 12.8 Å². The lowest BCUT2D eigenvalue weighted by molar-refractivity contribution is -0.144. The first-order chi connectivity index (χ1) is 9.06. The monoisotopic (exact) mass is 280 g/mol. The van der Waals surface area contributed by atoms with Crippen LogP contribution in [0.1, 0.15) is 19.8 Å². The predicted octanol–water partition coefficient (Wildman–Crippen LogP) is 2.54. The summed E-state index contributed by atoms with van der Waals surface area (Å²) in [5.74, 6) is -0.584. The van der Waals surface area contributed by atoms with E-state index in [-0.39, 0.29) is 0 Å². The average Bonchev–Trinajstić information content (AvgIpc) is 2.40. The van der Waals surface area contributed by atoms with E-state index in [1.165, 1.54) is 0 Å². The van der Waals surface area contributed by atoms with Crippen LogP contribution in [0.4, 0.5) is 5.69 Å². The minimum absolute atomic E-state index is 0.457. The van der Waals surface area contributed by atoms with Crippen LogP contribution >= 0.6 is 11.6 Å². The number of halogens is 1. The van der Waals surface area contributed by atoms with E-state index in [2.05, 4.69) is 12.2 Å². The van der Waals surface area contributed by atoms with E-state index in [0.29, 0.717) is 29.7 Å². The van der Waals surface area contributed by atoms with Crippen LogP contribution in [0.2, 0.25) is 5.02 Å². The molecule has 0 bridgehead atoms. The highest BCUT2D eigenvalue weighted by Crippen LogP contribution is 2.17. The van der Waals surface area contributed by atoms with Gasteiger partial charge >= 0.3 is 11.8 Å². The van der Waals surface area contributed by atoms with Crippen LogP contribution in [0.5, 0.6) is 0 Å². The first-order valence-electron chi connectivity index (χ1n) is 6.42. The molecule has 1 aliphatic heterocycles. The number of benzene rings is 1. The Balaban J connectivity index is 1.95. The molecular formula is C14H17ClN2O2. The van der Waals surface area contributed by atoms with Crippen molar-refractivity contribution in [2.24, 2.45) is 5.92 Å². The van der Waals surface area contributed by atoms with Gasteiger partial charge in [-0.25, -0.2) is 0 Å². The molecule has 4 nitrogen and oxygen atoms in total. The molecule has 1 atom stereocenters. The lowest BCUT2D eigenvalue weighted by atomic mass is 10.0. The molecule has 2 rings (SSSR count). The highest BCUT2D eigenvalue weighted by Gasteiger charge is 2.25. The van der Waals surface area contributed by atoms with Crippen molar-refractivity contribution in [2.45, 2.75) is 19.8 Å². The van der Waals surface area contributed by atoms with Crippen LogP contribution in [0.25, 0.3) is 0 Å². The minimum atomic E-state index is -0.587. The van der Waals surface area contributed by atoms with Gasteiger partial charge in [0.1, 0.15) is 0 Å². The highest BCUT2D eigenvalue weighted by molar-refractivity contribution is 6.39. The Labute approximate surface area is 117 Å². The standard InChI is InChI=1S/C14H17ClN2O2/c1-10-3-2-8-17(9-10)14(19)13(18)16-12-6-4-11(15)5-7-12/h4-7,10H,2-3,8-9H2,1H3,(H,16,18). The Morgan fingerprint density at radius 3 is 2.63 bits per heavy atom. The summed E-state index contributed by atoms with van der Waals surface area (Å²) in [5.41, 5.74) is 0.577. The molecule has 19 heavy (non-hydrogen) atoms. The van der Waals surface area contributed by atoms with Gasteiger partial charge in [-0.3, -0.25) is 9.59 Å². The van der Waals surface area contributed by atoms with Crippen molar-refractivity contribution in [1.82, 2.24) is 4.90 Å². The van der Waals surface area contributed by atoms with Crippen LogP contribution < -0.4 is 5.32 Å². The van der Waals surface area contributed by atoms with Gasteiger partial charge in [-0.1, -0.05) is 18.5 Å². The number of nitrogens with one attached hydrogen (secondary N) is 1. The quantitative estimate of drug-likeness (QED) is 0.804. The number of carbonyl (C=O) groups excluding carboxylic acids is 2. The van der Waals surface area contributed by atoms with E-state index in [1.807, 2.05) is 0 Å². The van der Waals surface area contributed by atoms with Gasteiger partial charge in [0.25, 0.3) is 0 Å². The summed E-state index contributed by atoms with van der Waals surface area (Å²) >= 11 is 5.76. The highest BCUT2D eigenvalue weighted by atomic mass is 35.5. The SMILES string of the molecule is CC1CCCN(C(=O)C(=O)Nc2ccc(Cl)cc2)C1. The third-order valence-corrected chi connectivity index (χ3v) is 3.49. The average molecular weight is 281 g/mol. The Bertz CT molecular complexity index is 473. The molecule has 0 aromatic heterocycles. The van der Waals surface area contributed by atoms with Crippen LogP contribution in [0, 0.1) is 5.92 Å². The summed E-state index contributed by atoms with van der Waals surface area (Å²) in [5, 5.41) is 3.18. The van der Waals surface area contributed by atoms with Crippen molar-refractivity contribution < 1.29 is 9.59 Å². The summed E-state index contributed by atoms with van der Waals surface area (Å²) in [6.45, 7) is 3.42. The Morgan fingerprint density at radius 2 is 2.00 bits per heavy atom. The Kier molecular flexibility index (Phi) is 4.43.